The summed E-state index contributed by atoms with van der Waals surface area (Å²) < 4.78 is 5.35. The van der Waals surface area contributed by atoms with Crippen molar-refractivity contribution in [2.75, 3.05) is 45.9 Å². The third-order valence-corrected chi connectivity index (χ3v) is 4.63. The Bertz CT molecular complexity index is 561. The first-order valence-electron chi connectivity index (χ1n) is 7.96. The summed E-state index contributed by atoms with van der Waals surface area (Å²) >= 11 is 0. The van der Waals surface area contributed by atoms with Crippen LogP contribution in [0.1, 0.15) is 38.5 Å². The number of carbonyl (C=O) groups excluding carboxylic acids is 2. The largest absolute Gasteiger partial charge is 0.379 e. The van der Waals surface area contributed by atoms with E-state index in [2.05, 4.69) is 9.88 Å². The molecule has 0 bridgehead atoms. The van der Waals surface area contributed by atoms with Crippen LogP contribution in [0.15, 0.2) is 0 Å². The van der Waals surface area contributed by atoms with Crippen molar-refractivity contribution in [1.29, 1.82) is 0 Å². The lowest BCUT2D eigenvalue weighted by Crippen LogP contribution is -2.43. The second kappa shape index (κ2) is 6.62. The molecule has 2 aliphatic rings. The summed E-state index contributed by atoms with van der Waals surface area (Å²) in [6, 6.07) is 0. The Balaban J connectivity index is 1.71. The number of fused-ring (bicyclic) bond motifs is 1. The number of nitrogens with zero attached hydrogens (tertiary/aromatic N) is 2. The number of amides is 1. The Morgan fingerprint density at radius 1 is 1.23 bits per heavy atom. The lowest BCUT2D eigenvalue weighted by molar-refractivity contribution is 0.0326. The van der Waals surface area contributed by atoms with Gasteiger partial charge >= 0.3 is 0 Å². The summed E-state index contributed by atoms with van der Waals surface area (Å²) in [6.07, 6.45) is 2.55. The Hall–Kier alpha value is -1.66. The highest BCUT2D eigenvalue weighted by Crippen LogP contribution is 2.23. The number of aldehydes is 1. The van der Waals surface area contributed by atoms with E-state index in [0.29, 0.717) is 11.3 Å². The van der Waals surface area contributed by atoms with E-state index in [-0.39, 0.29) is 5.91 Å². The molecule has 0 spiro atoms. The van der Waals surface area contributed by atoms with Crippen LogP contribution in [0.25, 0.3) is 0 Å². The fourth-order valence-electron chi connectivity index (χ4n) is 3.28. The second-order valence-corrected chi connectivity index (χ2v) is 5.98. The molecule has 120 valence electrons. The van der Waals surface area contributed by atoms with Crippen LogP contribution in [-0.4, -0.2) is 72.9 Å². The smallest absolute Gasteiger partial charge is 0.256 e. The van der Waals surface area contributed by atoms with Crippen molar-refractivity contribution >= 4 is 12.2 Å². The molecule has 0 atom stereocenters. The molecule has 0 unspecified atom stereocenters. The third-order valence-electron chi connectivity index (χ3n) is 4.63. The van der Waals surface area contributed by atoms with Gasteiger partial charge in [0.15, 0.2) is 6.29 Å². The zero-order valence-corrected chi connectivity index (χ0v) is 13.1. The van der Waals surface area contributed by atoms with E-state index in [9.17, 15) is 9.59 Å². The van der Waals surface area contributed by atoms with Gasteiger partial charge in [0.25, 0.3) is 5.91 Å². The number of ether oxygens (including phenoxy) is 1. The minimum absolute atomic E-state index is 0.0580. The van der Waals surface area contributed by atoms with Gasteiger partial charge in [-0.25, -0.2) is 0 Å². The molecule has 1 fully saturated rings. The van der Waals surface area contributed by atoms with Crippen molar-refractivity contribution in [3.05, 3.63) is 22.5 Å². The van der Waals surface area contributed by atoms with E-state index in [0.717, 1.165) is 76.3 Å². The van der Waals surface area contributed by atoms with Crippen molar-refractivity contribution < 1.29 is 14.3 Å². The van der Waals surface area contributed by atoms with Crippen LogP contribution in [-0.2, 0) is 11.2 Å². The van der Waals surface area contributed by atoms with Crippen molar-refractivity contribution in [1.82, 2.24) is 14.8 Å². The molecule has 22 heavy (non-hydrogen) atoms. The average Bonchev–Trinajstić information content (AvgIpc) is 2.77. The summed E-state index contributed by atoms with van der Waals surface area (Å²) in [4.78, 5) is 31.3. The Morgan fingerprint density at radius 2 is 2.00 bits per heavy atom. The highest BCUT2D eigenvalue weighted by molar-refractivity contribution is 5.99. The van der Waals surface area contributed by atoms with E-state index in [1.54, 1.807) is 0 Å². The number of nitrogens with one attached hydrogen (secondary N) is 1. The molecular formula is C16H23N3O3. The molecule has 6 heteroatoms. The maximum Gasteiger partial charge on any atom is 0.256 e. The van der Waals surface area contributed by atoms with Gasteiger partial charge in [0, 0.05) is 38.4 Å². The summed E-state index contributed by atoms with van der Waals surface area (Å²) in [5.74, 6) is 0.0580. The molecule has 0 aliphatic carbocycles. The van der Waals surface area contributed by atoms with E-state index >= 15 is 0 Å². The highest BCUT2D eigenvalue weighted by Gasteiger charge is 2.27. The Morgan fingerprint density at radius 3 is 2.73 bits per heavy atom. The van der Waals surface area contributed by atoms with Gasteiger partial charge in [0.1, 0.15) is 0 Å². The predicted molar refractivity (Wildman–Crippen MR) is 82.4 cm³/mol. The van der Waals surface area contributed by atoms with E-state index in [4.69, 9.17) is 4.74 Å². The van der Waals surface area contributed by atoms with Crippen LogP contribution in [0.4, 0.5) is 0 Å². The number of morpholine rings is 1. The van der Waals surface area contributed by atoms with Crippen molar-refractivity contribution in [2.45, 2.75) is 19.8 Å². The number of aromatic nitrogens is 1. The fraction of sp³-hybridized carbons (Fsp3) is 0.625. The number of H-pyrrole nitrogens is 1. The molecule has 0 aromatic carbocycles. The molecule has 0 radical (unpaired) electrons. The number of hydrogen-bond acceptors (Lipinski definition) is 4. The predicted octanol–water partition coefficient (Wildman–Crippen LogP) is 0.856. The Labute approximate surface area is 130 Å². The number of carbonyl (C=O) groups is 2. The number of rotatable bonds is 4. The first kappa shape index (κ1) is 15.2. The zero-order chi connectivity index (χ0) is 15.5. The second-order valence-electron chi connectivity index (χ2n) is 5.98. The first-order chi connectivity index (χ1) is 10.7. The molecule has 1 amide bonds. The van der Waals surface area contributed by atoms with Gasteiger partial charge in [0.2, 0.25) is 0 Å². The average molecular weight is 305 g/mol. The molecule has 1 aromatic rings. The van der Waals surface area contributed by atoms with Crippen LogP contribution in [0.3, 0.4) is 0 Å². The first-order valence-corrected chi connectivity index (χ1v) is 7.96. The number of aryl methyl sites for hydroxylation is 1. The van der Waals surface area contributed by atoms with E-state index < -0.39 is 0 Å². The lowest BCUT2D eigenvalue weighted by Gasteiger charge is -2.29. The van der Waals surface area contributed by atoms with Gasteiger partial charge in [-0.05, 0) is 25.3 Å². The number of hydrogen-bond donors (Lipinski definition) is 1. The molecule has 3 heterocycles. The SMILES string of the molecule is Cc1c(C=O)[nH]c2c1C(=O)N(CCN1CCOCC1)CCC2. The van der Waals surface area contributed by atoms with E-state index in [1.165, 1.54) is 0 Å². The molecule has 2 aliphatic heterocycles. The lowest BCUT2D eigenvalue weighted by atomic mass is 10.1. The fourth-order valence-corrected chi connectivity index (χ4v) is 3.28. The normalized spacial score (nSPS) is 19.9. The molecule has 0 saturated carbocycles. The molecule has 6 nitrogen and oxygen atoms in total. The van der Waals surface area contributed by atoms with Gasteiger partial charge in [-0.15, -0.1) is 0 Å². The summed E-state index contributed by atoms with van der Waals surface area (Å²) in [7, 11) is 0. The molecule has 1 aromatic heterocycles. The standard InChI is InChI=1S/C16H23N3O3/c1-12-14(11-20)17-13-3-2-4-19(16(21)15(12)13)6-5-18-7-9-22-10-8-18/h11,17H,2-10H2,1H3. The van der Waals surface area contributed by atoms with Crippen LogP contribution in [0.2, 0.25) is 0 Å². The summed E-state index contributed by atoms with van der Waals surface area (Å²) in [5.41, 5.74) is 2.95. The quantitative estimate of drug-likeness (QED) is 0.838. The van der Waals surface area contributed by atoms with E-state index in [1.807, 2.05) is 11.8 Å². The maximum absolute atomic E-state index is 12.8. The molecular weight excluding hydrogens is 282 g/mol. The molecule has 3 rings (SSSR count). The molecule has 1 N–H and O–H groups in total. The minimum Gasteiger partial charge on any atom is -0.379 e. The topological polar surface area (TPSA) is 65.6 Å². The van der Waals surface area contributed by atoms with Crippen molar-refractivity contribution in [3.8, 4) is 0 Å². The number of aromatic amines is 1. The third kappa shape index (κ3) is 2.94. The van der Waals surface area contributed by atoms with Crippen molar-refractivity contribution in [3.63, 3.8) is 0 Å². The van der Waals surface area contributed by atoms with Crippen LogP contribution < -0.4 is 0 Å². The van der Waals surface area contributed by atoms with Crippen LogP contribution in [0.5, 0.6) is 0 Å². The zero-order valence-electron chi connectivity index (χ0n) is 13.1. The summed E-state index contributed by atoms with van der Waals surface area (Å²) in [6.45, 7) is 7.67. The summed E-state index contributed by atoms with van der Waals surface area (Å²) in [5, 5.41) is 0. The maximum atomic E-state index is 12.8. The minimum atomic E-state index is 0.0580. The van der Waals surface area contributed by atoms with Crippen LogP contribution in [0, 0.1) is 6.92 Å². The Kier molecular flexibility index (Phi) is 4.59. The highest BCUT2D eigenvalue weighted by atomic mass is 16.5. The van der Waals surface area contributed by atoms with Gasteiger partial charge < -0.3 is 14.6 Å². The monoisotopic (exact) mass is 305 g/mol. The van der Waals surface area contributed by atoms with Crippen LogP contribution >= 0.6 is 0 Å². The van der Waals surface area contributed by atoms with Crippen molar-refractivity contribution in [2.24, 2.45) is 0 Å². The van der Waals surface area contributed by atoms with Gasteiger partial charge in [0.05, 0.1) is 24.5 Å². The van der Waals surface area contributed by atoms with Gasteiger partial charge in [-0.1, -0.05) is 0 Å². The molecule has 1 saturated heterocycles. The van der Waals surface area contributed by atoms with Gasteiger partial charge in [-0.3, -0.25) is 14.5 Å². The van der Waals surface area contributed by atoms with Gasteiger partial charge in [-0.2, -0.15) is 0 Å².